The number of esters is 1. The minimum Gasteiger partial charge on any atom is -0.460 e. The number of hydrogen-bond donors (Lipinski definition) is 1. The number of rotatable bonds is 6. The Labute approximate surface area is 386 Å². The van der Waals surface area contributed by atoms with Crippen molar-refractivity contribution in [1.29, 1.82) is 0 Å². The number of piperidine rings is 2. The summed E-state index contributed by atoms with van der Waals surface area (Å²) in [5.41, 5.74) is 15.5. The molecule has 2 amide bonds. The Bertz CT molecular complexity index is 2360. The van der Waals surface area contributed by atoms with Crippen LogP contribution >= 0.6 is 0 Å². The Kier molecular flexibility index (Phi) is 13.8. The Balaban J connectivity index is 0.000000168. The fraction of sp³-hybridized carbons (Fsp3) is 0.648. The molecule has 2 aromatic carbocycles. The topological polar surface area (TPSA) is 121 Å². The Morgan fingerprint density at radius 3 is 1.60 bits per heavy atom. The monoisotopic (exact) mass is 890 g/mol. The second-order valence-corrected chi connectivity index (χ2v) is 21.5. The largest absolute Gasteiger partial charge is 0.460 e. The maximum atomic E-state index is 13.6. The van der Waals surface area contributed by atoms with Gasteiger partial charge in [-0.2, -0.15) is 0 Å². The molecule has 6 heterocycles. The van der Waals surface area contributed by atoms with E-state index in [2.05, 4.69) is 47.5 Å². The number of amides is 2. The van der Waals surface area contributed by atoms with Gasteiger partial charge in [0.1, 0.15) is 5.60 Å². The van der Waals surface area contributed by atoms with Gasteiger partial charge in [0, 0.05) is 117 Å². The fourth-order valence-electron chi connectivity index (χ4n) is 12.7. The number of nitrogens with two attached hydrogens (primary N) is 1. The van der Waals surface area contributed by atoms with E-state index >= 15 is 0 Å². The lowest BCUT2D eigenvalue weighted by Crippen LogP contribution is -2.45. The summed E-state index contributed by atoms with van der Waals surface area (Å²) in [6, 6.07) is 12.7. The predicted molar refractivity (Wildman–Crippen MR) is 256 cm³/mol. The molecule has 4 fully saturated rings. The van der Waals surface area contributed by atoms with Crippen LogP contribution in [0, 0.1) is 29.6 Å². The van der Waals surface area contributed by atoms with Gasteiger partial charge >= 0.3 is 5.97 Å². The first-order valence-electron chi connectivity index (χ1n) is 25.2. The summed E-state index contributed by atoms with van der Waals surface area (Å²) in [4.78, 5) is 43.0. The maximum absolute atomic E-state index is 13.6. The first-order valence-corrected chi connectivity index (χ1v) is 25.2. The number of fused-ring (bicyclic) bond motifs is 6. The number of nitrogens with zero attached hydrogens (tertiary/aromatic N) is 4. The summed E-state index contributed by atoms with van der Waals surface area (Å²) in [6.07, 6.45) is 16.1. The smallest absolute Gasteiger partial charge is 0.306 e. The van der Waals surface area contributed by atoms with E-state index in [0.717, 1.165) is 120 Å². The van der Waals surface area contributed by atoms with Gasteiger partial charge in [0.05, 0.1) is 6.42 Å². The van der Waals surface area contributed by atoms with Crippen LogP contribution in [-0.4, -0.2) is 101 Å². The molecule has 352 valence electrons. The standard InChI is InChI=1S/C30H42N2O4.C24H33N3O2/c1-30(2,3)36-28(33)16-20-6-5-13-32(19-20)29(34)23-8-10-27-25(18-23)24-17-22(7-9-26(24)31(27)4)21-11-14-35-15-12-21;1-26-22-6-4-17(16-8-11-29-12-9-16)13-20(22)21-14-18(5-7-23(21)26)24(28)27-10-2-3-19(25)15-27/h8,10,18,20-22H,5-7,9,11-17,19H2,1-4H3;5,7,14,16-17,19H,2-4,6,8-13,15,25H2,1H3. The van der Waals surface area contributed by atoms with Gasteiger partial charge in [0.2, 0.25) is 0 Å². The number of hydrogen-bond acceptors (Lipinski definition) is 7. The van der Waals surface area contributed by atoms with Crippen molar-refractivity contribution in [3.8, 4) is 0 Å². The molecule has 4 saturated heterocycles. The molecule has 2 N–H and O–H groups in total. The number of aryl methyl sites for hydroxylation is 2. The Morgan fingerprint density at radius 1 is 0.646 bits per heavy atom. The Morgan fingerprint density at radius 2 is 1.12 bits per heavy atom. The molecule has 11 heteroatoms. The lowest BCUT2D eigenvalue weighted by molar-refractivity contribution is -0.156. The minimum absolute atomic E-state index is 0.0835. The highest BCUT2D eigenvalue weighted by atomic mass is 16.6. The van der Waals surface area contributed by atoms with E-state index in [1.54, 1.807) is 0 Å². The van der Waals surface area contributed by atoms with Crippen LogP contribution in [0.3, 0.4) is 0 Å². The van der Waals surface area contributed by atoms with Crippen molar-refractivity contribution in [2.45, 2.75) is 129 Å². The molecule has 4 aromatic rings. The normalized spacial score (nSPS) is 24.6. The number of carbonyl (C=O) groups is 3. The molecule has 0 radical (unpaired) electrons. The highest BCUT2D eigenvalue weighted by molar-refractivity contribution is 6.00. The van der Waals surface area contributed by atoms with E-state index in [9.17, 15) is 14.4 Å². The third-order valence-corrected chi connectivity index (χ3v) is 16.1. The quantitative estimate of drug-likeness (QED) is 0.193. The van der Waals surface area contributed by atoms with Crippen molar-refractivity contribution in [3.63, 3.8) is 0 Å². The van der Waals surface area contributed by atoms with Gasteiger partial charge in [0.25, 0.3) is 11.8 Å². The van der Waals surface area contributed by atoms with Crippen molar-refractivity contribution in [1.82, 2.24) is 18.9 Å². The van der Waals surface area contributed by atoms with Crippen molar-refractivity contribution < 1.29 is 28.6 Å². The van der Waals surface area contributed by atoms with E-state index in [4.69, 9.17) is 19.9 Å². The second kappa shape index (κ2) is 19.6. The van der Waals surface area contributed by atoms with Gasteiger partial charge in [-0.15, -0.1) is 0 Å². The first kappa shape index (κ1) is 45.9. The molecule has 65 heavy (non-hydrogen) atoms. The molecule has 0 bridgehead atoms. The van der Waals surface area contributed by atoms with E-state index in [1.807, 2.05) is 42.7 Å². The van der Waals surface area contributed by atoms with Crippen LogP contribution in [0.15, 0.2) is 36.4 Å². The van der Waals surface area contributed by atoms with Gasteiger partial charge in [0.15, 0.2) is 0 Å². The number of ether oxygens (including phenoxy) is 3. The van der Waals surface area contributed by atoms with Crippen LogP contribution in [-0.2, 0) is 58.8 Å². The number of likely N-dealkylation sites (tertiary alicyclic amines) is 2. The summed E-state index contributed by atoms with van der Waals surface area (Å²) in [6.45, 7) is 12.2. The zero-order valence-corrected chi connectivity index (χ0v) is 40.0. The molecule has 4 unspecified atom stereocenters. The molecule has 0 saturated carbocycles. The molecule has 10 rings (SSSR count). The van der Waals surface area contributed by atoms with Crippen molar-refractivity contribution in [2.75, 3.05) is 52.6 Å². The summed E-state index contributed by atoms with van der Waals surface area (Å²) >= 11 is 0. The van der Waals surface area contributed by atoms with E-state index in [-0.39, 0.29) is 29.7 Å². The summed E-state index contributed by atoms with van der Waals surface area (Å²) in [7, 11) is 4.35. The average Bonchev–Trinajstić information content (AvgIpc) is 3.76. The van der Waals surface area contributed by atoms with Crippen LogP contribution in [0.4, 0.5) is 0 Å². The number of carbonyl (C=O) groups excluding carboxylic acids is 3. The number of benzene rings is 2. The summed E-state index contributed by atoms with van der Waals surface area (Å²) < 4.78 is 21.4. The molecule has 0 spiro atoms. The predicted octanol–water partition coefficient (Wildman–Crippen LogP) is 8.57. The molecule has 4 atom stereocenters. The molecule has 6 aliphatic rings. The molecular weight excluding hydrogens is 815 g/mol. The van der Waals surface area contributed by atoms with Crippen LogP contribution in [0.5, 0.6) is 0 Å². The maximum Gasteiger partial charge on any atom is 0.306 e. The molecule has 2 aromatic heterocycles. The molecule has 2 aliphatic carbocycles. The van der Waals surface area contributed by atoms with Gasteiger partial charge in [-0.1, -0.05) is 0 Å². The van der Waals surface area contributed by atoms with Crippen LogP contribution in [0.1, 0.15) is 135 Å². The van der Waals surface area contributed by atoms with Gasteiger partial charge in [-0.3, -0.25) is 14.4 Å². The fourth-order valence-corrected chi connectivity index (χ4v) is 12.7. The van der Waals surface area contributed by atoms with Crippen LogP contribution in [0.25, 0.3) is 21.8 Å². The highest BCUT2D eigenvalue weighted by Crippen LogP contribution is 2.41. The van der Waals surface area contributed by atoms with Crippen LogP contribution in [0.2, 0.25) is 0 Å². The minimum atomic E-state index is -0.477. The lowest BCUT2D eigenvalue weighted by atomic mass is 9.75. The zero-order chi connectivity index (χ0) is 45.4. The average molecular weight is 890 g/mol. The van der Waals surface area contributed by atoms with Gasteiger partial charge < -0.3 is 38.9 Å². The summed E-state index contributed by atoms with van der Waals surface area (Å²) in [5.74, 6) is 3.20. The highest BCUT2D eigenvalue weighted by Gasteiger charge is 2.34. The van der Waals surface area contributed by atoms with E-state index in [0.29, 0.717) is 25.4 Å². The second-order valence-electron chi connectivity index (χ2n) is 21.5. The van der Waals surface area contributed by atoms with Crippen LogP contribution < -0.4 is 5.73 Å². The SMILES string of the molecule is Cn1c2c(c3cc(C(=O)N4CCCC(CC(=O)OC(C)(C)C)C4)ccc31)CC(C1CCOCC1)CC2.Cn1c2c(c3cc(C(=O)N4CCCC(N)C4)ccc31)CC(C1CCOCC1)CC2. The van der Waals surface area contributed by atoms with Crippen molar-refractivity contribution in [2.24, 2.45) is 49.4 Å². The molecular formula is C54H75N5O6. The molecule has 11 nitrogen and oxygen atoms in total. The third kappa shape index (κ3) is 10.1. The van der Waals surface area contributed by atoms with Crippen molar-refractivity contribution in [3.05, 3.63) is 70.0 Å². The zero-order valence-electron chi connectivity index (χ0n) is 40.0. The van der Waals surface area contributed by atoms with Gasteiger partial charge in [-0.25, -0.2) is 0 Å². The van der Waals surface area contributed by atoms with Gasteiger partial charge in [-0.05, 0) is 188 Å². The number of aromatic nitrogens is 2. The van der Waals surface area contributed by atoms with E-state index < -0.39 is 5.60 Å². The third-order valence-electron chi connectivity index (χ3n) is 16.1. The van der Waals surface area contributed by atoms with E-state index in [1.165, 1.54) is 82.8 Å². The van der Waals surface area contributed by atoms with Crippen molar-refractivity contribution >= 4 is 39.6 Å². The lowest BCUT2D eigenvalue weighted by Gasteiger charge is -2.33. The summed E-state index contributed by atoms with van der Waals surface area (Å²) in [5, 5.41) is 2.53. The first-order chi connectivity index (χ1) is 31.3. The molecule has 4 aliphatic heterocycles. The Hall–Kier alpha value is -4.19.